The van der Waals surface area contributed by atoms with E-state index in [2.05, 4.69) is 5.10 Å². The lowest BCUT2D eigenvalue weighted by Crippen LogP contribution is -2.28. The number of nitrogens with zero attached hydrogens (tertiary/aromatic N) is 3. The summed E-state index contributed by atoms with van der Waals surface area (Å²) in [5, 5.41) is 3.84. The quantitative estimate of drug-likeness (QED) is 0.735. The Hall–Kier alpha value is -2.35. The number of benzene rings is 1. The summed E-state index contributed by atoms with van der Waals surface area (Å²) in [5.41, 5.74) is 1.44. The van der Waals surface area contributed by atoms with Crippen molar-refractivity contribution in [2.45, 2.75) is 32.3 Å². The maximum absolute atomic E-state index is 13.0. The molecule has 0 bridgehead atoms. The van der Waals surface area contributed by atoms with Gasteiger partial charge in [0.1, 0.15) is 5.56 Å². The van der Waals surface area contributed by atoms with Crippen molar-refractivity contribution in [3.8, 4) is 0 Å². The van der Waals surface area contributed by atoms with E-state index in [4.69, 9.17) is 4.74 Å². The number of hydrogen-bond donors (Lipinski definition) is 0. The highest BCUT2D eigenvalue weighted by molar-refractivity contribution is 7.92. The minimum atomic E-state index is -4.01. The van der Waals surface area contributed by atoms with Crippen molar-refractivity contribution in [1.29, 1.82) is 0 Å². The third-order valence-electron chi connectivity index (χ3n) is 3.69. The fourth-order valence-corrected chi connectivity index (χ4v) is 3.62. The molecule has 1 aromatic carbocycles. The van der Waals surface area contributed by atoms with E-state index in [0.717, 1.165) is 9.87 Å². The van der Waals surface area contributed by atoms with Crippen LogP contribution >= 0.6 is 0 Å². The van der Waals surface area contributed by atoms with Crippen molar-refractivity contribution in [2.24, 2.45) is 5.92 Å². The summed E-state index contributed by atoms with van der Waals surface area (Å²) in [5.74, 6) is -0.485. The zero-order valence-corrected chi connectivity index (χ0v) is 15.9. The Bertz CT molecular complexity index is 855. The number of carbonyl (C=O) groups is 1. The SMILES string of the molecule is COC(=O)c1cn(CC(C)C)nc1S(=O)(=O)N(C)c1ccc(C)cc1. The van der Waals surface area contributed by atoms with Crippen LogP contribution in [0.2, 0.25) is 0 Å². The number of aryl methyl sites for hydroxylation is 1. The summed E-state index contributed by atoms with van der Waals surface area (Å²) in [7, 11) is -1.36. The number of ether oxygens (including phenoxy) is 1. The molecule has 2 rings (SSSR count). The first-order valence-electron chi connectivity index (χ1n) is 7.88. The van der Waals surface area contributed by atoms with E-state index in [9.17, 15) is 13.2 Å². The zero-order chi connectivity index (χ0) is 18.8. The Labute approximate surface area is 148 Å². The number of anilines is 1. The predicted octanol–water partition coefficient (Wildman–Crippen LogP) is 2.46. The van der Waals surface area contributed by atoms with Gasteiger partial charge >= 0.3 is 5.97 Å². The molecule has 0 aliphatic carbocycles. The van der Waals surface area contributed by atoms with Crippen molar-refractivity contribution >= 4 is 21.7 Å². The van der Waals surface area contributed by atoms with Gasteiger partial charge in [-0.1, -0.05) is 31.5 Å². The van der Waals surface area contributed by atoms with Crippen LogP contribution in [-0.2, 0) is 21.3 Å². The topological polar surface area (TPSA) is 81.5 Å². The molecule has 1 heterocycles. The van der Waals surface area contributed by atoms with Gasteiger partial charge in [-0.2, -0.15) is 13.5 Å². The molecule has 1 aromatic heterocycles. The van der Waals surface area contributed by atoms with Gasteiger partial charge in [0.05, 0.1) is 12.8 Å². The van der Waals surface area contributed by atoms with Gasteiger partial charge in [0.2, 0.25) is 5.03 Å². The van der Waals surface area contributed by atoms with Crippen molar-refractivity contribution in [2.75, 3.05) is 18.5 Å². The van der Waals surface area contributed by atoms with E-state index >= 15 is 0 Å². The van der Waals surface area contributed by atoms with E-state index in [1.807, 2.05) is 32.9 Å². The molecule has 0 N–H and O–H groups in total. The van der Waals surface area contributed by atoms with E-state index in [-0.39, 0.29) is 16.5 Å². The van der Waals surface area contributed by atoms with Gasteiger partial charge in [0.15, 0.2) is 0 Å². The number of hydrogen-bond acceptors (Lipinski definition) is 5. The van der Waals surface area contributed by atoms with E-state index in [1.165, 1.54) is 25.0 Å². The molecule has 0 amide bonds. The van der Waals surface area contributed by atoms with E-state index in [1.54, 1.807) is 12.1 Å². The largest absolute Gasteiger partial charge is 0.465 e. The molecule has 0 radical (unpaired) electrons. The fraction of sp³-hybridized carbons (Fsp3) is 0.412. The Kier molecular flexibility index (Phi) is 5.52. The average Bonchev–Trinajstić information content (AvgIpc) is 2.98. The second-order valence-electron chi connectivity index (χ2n) is 6.26. The summed E-state index contributed by atoms with van der Waals surface area (Å²) in [6, 6.07) is 7.05. The minimum absolute atomic E-state index is 0.0675. The number of carbonyl (C=O) groups excluding carboxylic acids is 1. The van der Waals surface area contributed by atoms with Crippen LogP contribution in [0.3, 0.4) is 0 Å². The summed E-state index contributed by atoms with van der Waals surface area (Å²) in [6.07, 6.45) is 1.42. The van der Waals surface area contributed by atoms with Crippen molar-refractivity contribution in [1.82, 2.24) is 9.78 Å². The van der Waals surface area contributed by atoms with Crippen LogP contribution in [0.1, 0.15) is 29.8 Å². The van der Waals surface area contributed by atoms with Gasteiger partial charge in [0.25, 0.3) is 10.0 Å². The van der Waals surface area contributed by atoms with Gasteiger partial charge in [-0.15, -0.1) is 0 Å². The van der Waals surface area contributed by atoms with Crippen molar-refractivity contribution < 1.29 is 17.9 Å². The Morgan fingerprint density at radius 3 is 2.40 bits per heavy atom. The molecule has 7 nitrogen and oxygen atoms in total. The van der Waals surface area contributed by atoms with Crippen LogP contribution in [-0.4, -0.2) is 38.3 Å². The summed E-state index contributed by atoms with van der Waals surface area (Å²) >= 11 is 0. The maximum atomic E-state index is 13.0. The maximum Gasteiger partial charge on any atom is 0.342 e. The van der Waals surface area contributed by atoms with Gasteiger partial charge in [0, 0.05) is 19.8 Å². The highest BCUT2D eigenvalue weighted by Gasteiger charge is 2.31. The molecule has 136 valence electrons. The molecule has 0 atom stereocenters. The number of sulfonamides is 1. The molecule has 0 aliphatic heterocycles. The average molecular weight is 365 g/mol. The van der Waals surface area contributed by atoms with Gasteiger partial charge in [-0.25, -0.2) is 4.79 Å². The standard InChI is InChI=1S/C17H23N3O4S/c1-12(2)10-20-11-15(17(21)24-5)16(18-20)25(22,23)19(4)14-8-6-13(3)7-9-14/h6-9,11-12H,10H2,1-5H3. The number of aromatic nitrogens is 2. The summed E-state index contributed by atoms with van der Waals surface area (Å²) < 4.78 is 33.3. The van der Waals surface area contributed by atoms with Crippen molar-refractivity contribution in [3.63, 3.8) is 0 Å². The lowest BCUT2D eigenvalue weighted by atomic mass is 10.2. The Morgan fingerprint density at radius 2 is 1.88 bits per heavy atom. The van der Waals surface area contributed by atoms with Crippen LogP contribution in [0.5, 0.6) is 0 Å². The summed E-state index contributed by atoms with van der Waals surface area (Å²) in [4.78, 5) is 12.0. The molecule has 0 aliphatic rings. The third kappa shape index (κ3) is 4.01. The lowest BCUT2D eigenvalue weighted by Gasteiger charge is -2.18. The van der Waals surface area contributed by atoms with Crippen molar-refractivity contribution in [3.05, 3.63) is 41.6 Å². The normalized spacial score (nSPS) is 11.6. The zero-order valence-electron chi connectivity index (χ0n) is 15.1. The number of methoxy groups -OCH3 is 1. The molecule has 2 aromatic rings. The van der Waals surface area contributed by atoms with Gasteiger partial charge < -0.3 is 4.74 Å². The molecule has 0 saturated carbocycles. The first-order chi connectivity index (χ1) is 11.7. The third-order valence-corrected chi connectivity index (χ3v) is 5.41. The monoisotopic (exact) mass is 365 g/mol. The lowest BCUT2D eigenvalue weighted by molar-refractivity contribution is 0.0596. The van der Waals surface area contributed by atoms with Crippen LogP contribution < -0.4 is 4.31 Å². The Balaban J connectivity index is 2.51. The molecule has 0 spiro atoms. The molecular formula is C17H23N3O4S. The second kappa shape index (κ2) is 7.26. The minimum Gasteiger partial charge on any atom is -0.465 e. The molecule has 8 heteroatoms. The van der Waals surface area contributed by atoms with Crippen LogP contribution in [0.25, 0.3) is 0 Å². The summed E-state index contributed by atoms with van der Waals surface area (Å²) in [6.45, 7) is 6.37. The highest BCUT2D eigenvalue weighted by Crippen LogP contribution is 2.24. The first kappa shape index (κ1) is 19.0. The molecule has 25 heavy (non-hydrogen) atoms. The second-order valence-corrected chi connectivity index (χ2v) is 8.15. The predicted molar refractivity (Wildman–Crippen MR) is 95.2 cm³/mol. The molecular weight excluding hydrogens is 342 g/mol. The first-order valence-corrected chi connectivity index (χ1v) is 9.32. The number of rotatable bonds is 6. The fourth-order valence-electron chi connectivity index (χ4n) is 2.33. The Morgan fingerprint density at radius 1 is 1.28 bits per heavy atom. The molecule has 0 fully saturated rings. The van der Waals surface area contributed by atoms with Crippen LogP contribution in [0.15, 0.2) is 35.5 Å². The van der Waals surface area contributed by atoms with E-state index < -0.39 is 16.0 Å². The highest BCUT2D eigenvalue weighted by atomic mass is 32.2. The van der Waals surface area contributed by atoms with Gasteiger partial charge in [-0.3, -0.25) is 8.99 Å². The van der Waals surface area contributed by atoms with Crippen LogP contribution in [0.4, 0.5) is 5.69 Å². The van der Waals surface area contributed by atoms with Gasteiger partial charge in [-0.05, 0) is 25.0 Å². The number of esters is 1. The van der Waals surface area contributed by atoms with Crippen LogP contribution in [0, 0.1) is 12.8 Å². The molecule has 0 unspecified atom stereocenters. The molecule has 0 saturated heterocycles. The smallest absolute Gasteiger partial charge is 0.342 e. The van der Waals surface area contributed by atoms with E-state index in [0.29, 0.717) is 12.2 Å².